The van der Waals surface area contributed by atoms with Gasteiger partial charge in [0, 0.05) is 19.2 Å². The highest BCUT2D eigenvalue weighted by atomic mass is 32.1. The zero-order chi connectivity index (χ0) is 14.4. The maximum Gasteiger partial charge on any atom is 0.264 e. The maximum absolute atomic E-state index is 11.8. The molecule has 6 nitrogen and oxygen atoms in total. The molecule has 0 saturated heterocycles. The lowest BCUT2D eigenvalue weighted by Crippen LogP contribution is -2.31. The van der Waals surface area contributed by atoms with E-state index >= 15 is 0 Å². The molecular formula is C13H22N4O2S. The first-order valence-corrected chi connectivity index (χ1v) is 7.88. The van der Waals surface area contributed by atoms with E-state index in [-0.39, 0.29) is 5.91 Å². The molecule has 1 aromatic rings. The summed E-state index contributed by atoms with van der Waals surface area (Å²) < 4.78 is 9.55. The van der Waals surface area contributed by atoms with E-state index in [4.69, 9.17) is 10.5 Å². The van der Waals surface area contributed by atoms with E-state index in [9.17, 15) is 4.79 Å². The second kappa shape index (κ2) is 7.66. The van der Waals surface area contributed by atoms with Gasteiger partial charge in [-0.05, 0) is 50.6 Å². The van der Waals surface area contributed by atoms with Crippen LogP contribution in [0.4, 0.5) is 0 Å². The molecule has 7 heteroatoms. The molecule has 112 valence electrons. The van der Waals surface area contributed by atoms with Crippen molar-refractivity contribution in [3.8, 4) is 0 Å². The minimum absolute atomic E-state index is 0.0962. The molecule has 2 rings (SSSR count). The van der Waals surface area contributed by atoms with Crippen LogP contribution in [0.15, 0.2) is 0 Å². The fourth-order valence-electron chi connectivity index (χ4n) is 2.30. The normalized spacial score (nSPS) is 22.7. The van der Waals surface area contributed by atoms with Crippen LogP contribution in [0.25, 0.3) is 0 Å². The van der Waals surface area contributed by atoms with Crippen LogP contribution >= 0.6 is 11.5 Å². The Morgan fingerprint density at radius 2 is 2.20 bits per heavy atom. The summed E-state index contributed by atoms with van der Waals surface area (Å²) in [7, 11) is 0. The standard InChI is InChI=1S/C13H22N4O2S/c1-9-12(20-17-16-9)13(18)15-7-2-8-19-11-5-3-10(14)4-6-11/h10-11H,2-8,14H2,1H3,(H,15,18). The Bertz CT molecular complexity index is 430. The van der Waals surface area contributed by atoms with Crippen molar-refractivity contribution >= 4 is 17.4 Å². The fourth-order valence-corrected chi connectivity index (χ4v) is 2.87. The quantitative estimate of drug-likeness (QED) is 0.771. The summed E-state index contributed by atoms with van der Waals surface area (Å²) in [6.07, 6.45) is 5.38. The smallest absolute Gasteiger partial charge is 0.264 e. The van der Waals surface area contributed by atoms with E-state index in [1.54, 1.807) is 6.92 Å². The summed E-state index contributed by atoms with van der Waals surface area (Å²) in [5, 5.41) is 6.68. The van der Waals surface area contributed by atoms with Crippen molar-refractivity contribution < 1.29 is 9.53 Å². The first kappa shape index (κ1) is 15.3. The lowest BCUT2D eigenvalue weighted by Gasteiger charge is -2.26. The van der Waals surface area contributed by atoms with Crippen molar-refractivity contribution in [2.75, 3.05) is 13.2 Å². The van der Waals surface area contributed by atoms with Crippen LogP contribution in [0, 0.1) is 6.92 Å². The molecule has 1 saturated carbocycles. The highest BCUT2D eigenvalue weighted by Gasteiger charge is 2.18. The van der Waals surface area contributed by atoms with Gasteiger partial charge in [0.15, 0.2) is 0 Å². The van der Waals surface area contributed by atoms with Gasteiger partial charge in [-0.25, -0.2) is 0 Å². The Morgan fingerprint density at radius 1 is 1.45 bits per heavy atom. The Balaban J connectivity index is 1.56. The van der Waals surface area contributed by atoms with Crippen molar-refractivity contribution in [3.05, 3.63) is 10.6 Å². The van der Waals surface area contributed by atoms with E-state index in [0.29, 0.717) is 35.9 Å². The van der Waals surface area contributed by atoms with Gasteiger partial charge in [-0.2, -0.15) is 0 Å². The minimum Gasteiger partial charge on any atom is -0.378 e. The van der Waals surface area contributed by atoms with Gasteiger partial charge >= 0.3 is 0 Å². The average Bonchev–Trinajstić information content (AvgIpc) is 2.86. The van der Waals surface area contributed by atoms with Gasteiger partial charge in [0.25, 0.3) is 5.91 Å². The number of nitrogens with zero attached hydrogens (tertiary/aromatic N) is 2. The molecule has 0 aliphatic heterocycles. The van der Waals surface area contributed by atoms with Gasteiger partial charge in [-0.3, -0.25) is 4.79 Å². The zero-order valence-corrected chi connectivity index (χ0v) is 12.6. The fraction of sp³-hybridized carbons (Fsp3) is 0.769. The third-order valence-electron chi connectivity index (χ3n) is 3.54. The van der Waals surface area contributed by atoms with Crippen molar-refractivity contribution in [3.63, 3.8) is 0 Å². The molecule has 0 spiro atoms. The zero-order valence-electron chi connectivity index (χ0n) is 11.8. The molecule has 20 heavy (non-hydrogen) atoms. The number of aromatic nitrogens is 2. The van der Waals surface area contributed by atoms with Gasteiger partial charge in [0.2, 0.25) is 0 Å². The highest BCUT2D eigenvalue weighted by molar-refractivity contribution is 7.07. The van der Waals surface area contributed by atoms with E-state index in [0.717, 1.165) is 43.6 Å². The lowest BCUT2D eigenvalue weighted by atomic mass is 9.94. The molecule has 1 aliphatic rings. The summed E-state index contributed by atoms with van der Waals surface area (Å²) in [5.74, 6) is -0.0962. The number of hydrogen-bond donors (Lipinski definition) is 2. The first-order chi connectivity index (χ1) is 9.66. The predicted octanol–water partition coefficient (Wildman–Crippen LogP) is 1.25. The first-order valence-electron chi connectivity index (χ1n) is 7.11. The molecule has 1 aliphatic carbocycles. The van der Waals surface area contributed by atoms with Crippen molar-refractivity contribution in [1.29, 1.82) is 0 Å². The number of carbonyl (C=O) groups excluding carboxylic acids is 1. The van der Waals surface area contributed by atoms with Crippen molar-refractivity contribution in [2.24, 2.45) is 5.73 Å². The molecular weight excluding hydrogens is 276 g/mol. The number of aryl methyl sites for hydroxylation is 1. The number of nitrogens with one attached hydrogen (secondary N) is 1. The number of nitrogens with two attached hydrogens (primary N) is 1. The van der Waals surface area contributed by atoms with E-state index < -0.39 is 0 Å². The lowest BCUT2D eigenvalue weighted by molar-refractivity contribution is 0.0241. The number of carbonyl (C=O) groups is 1. The minimum atomic E-state index is -0.0962. The molecule has 0 aromatic carbocycles. The molecule has 0 radical (unpaired) electrons. The molecule has 1 fully saturated rings. The number of hydrogen-bond acceptors (Lipinski definition) is 6. The Morgan fingerprint density at radius 3 is 2.85 bits per heavy atom. The molecule has 3 N–H and O–H groups in total. The summed E-state index contributed by atoms with van der Waals surface area (Å²) in [5.41, 5.74) is 6.54. The van der Waals surface area contributed by atoms with Crippen LogP contribution in [-0.2, 0) is 4.74 Å². The topological polar surface area (TPSA) is 90.1 Å². The second-order valence-corrected chi connectivity index (χ2v) is 5.96. The number of ether oxygens (including phenoxy) is 1. The molecule has 0 unspecified atom stereocenters. The van der Waals surface area contributed by atoms with Crippen LogP contribution in [0.2, 0.25) is 0 Å². The van der Waals surface area contributed by atoms with Gasteiger partial charge in [-0.15, -0.1) is 5.10 Å². The highest BCUT2D eigenvalue weighted by Crippen LogP contribution is 2.19. The maximum atomic E-state index is 11.8. The molecule has 1 heterocycles. The van der Waals surface area contributed by atoms with Crippen LogP contribution in [0.5, 0.6) is 0 Å². The Kier molecular flexibility index (Phi) is 5.87. The monoisotopic (exact) mass is 298 g/mol. The van der Waals surface area contributed by atoms with Gasteiger partial charge in [-0.1, -0.05) is 4.49 Å². The van der Waals surface area contributed by atoms with Crippen LogP contribution in [-0.4, -0.2) is 40.8 Å². The molecule has 1 aromatic heterocycles. The SMILES string of the molecule is Cc1nnsc1C(=O)NCCCOC1CCC(N)CC1. The van der Waals surface area contributed by atoms with Gasteiger partial charge in [0.1, 0.15) is 4.88 Å². The third kappa shape index (κ3) is 4.50. The second-order valence-electron chi connectivity index (χ2n) is 5.20. The van der Waals surface area contributed by atoms with Gasteiger partial charge < -0.3 is 15.8 Å². The van der Waals surface area contributed by atoms with E-state index in [2.05, 4.69) is 14.9 Å². The Labute approximate surface area is 123 Å². The molecule has 0 bridgehead atoms. The van der Waals surface area contributed by atoms with Gasteiger partial charge in [0.05, 0.1) is 11.8 Å². The van der Waals surface area contributed by atoms with Crippen LogP contribution < -0.4 is 11.1 Å². The number of amides is 1. The van der Waals surface area contributed by atoms with E-state index in [1.165, 1.54) is 0 Å². The third-order valence-corrected chi connectivity index (χ3v) is 4.36. The number of rotatable bonds is 6. The molecule has 1 amide bonds. The average molecular weight is 298 g/mol. The van der Waals surface area contributed by atoms with E-state index in [1.807, 2.05) is 0 Å². The summed E-state index contributed by atoms with van der Waals surface area (Å²) >= 11 is 1.13. The Hall–Kier alpha value is -1.05. The van der Waals surface area contributed by atoms with Crippen molar-refractivity contribution in [2.45, 2.75) is 51.2 Å². The van der Waals surface area contributed by atoms with Crippen molar-refractivity contribution in [1.82, 2.24) is 14.9 Å². The van der Waals surface area contributed by atoms with Crippen LogP contribution in [0.1, 0.15) is 47.5 Å². The summed E-state index contributed by atoms with van der Waals surface area (Å²) in [6.45, 7) is 3.08. The van der Waals surface area contributed by atoms with Crippen LogP contribution in [0.3, 0.4) is 0 Å². The predicted molar refractivity (Wildman–Crippen MR) is 77.8 cm³/mol. The largest absolute Gasteiger partial charge is 0.378 e. The summed E-state index contributed by atoms with van der Waals surface area (Å²) in [6, 6.07) is 0.352. The molecule has 0 atom stereocenters. The summed E-state index contributed by atoms with van der Waals surface area (Å²) in [4.78, 5) is 12.4.